The van der Waals surface area contributed by atoms with Gasteiger partial charge in [-0.25, -0.2) is 9.97 Å². The van der Waals surface area contributed by atoms with Gasteiger partial charge in [-0.05, 0) is 61.6 Å². The number of aliphatic hydroxyl groups excluding tert-OH is 1. The quantitative estimate of drug-likeness (QED) is 0.0417. The van der Waals surface area contributed by atoms with Crippen LogP contribution in [-0.4, -0.2) is 41.1 Å². The van der Waals surface area contributed by atoms with Gasteiger partial charge in [0.25, 0.3) is 0 Å². The van der Waals surface area contributed by atoms with E-state index in [0.717, 1.165) is 73.6 Å². The van der Waals surface area contributed by atoms with E-state index in [0.29, 0.717) is 6.54 Å². The van der Waals surface area contributed by atoms with Gasteiger partial charge in [0.05, 0.1) is 21.4 Å². The zero-order valence-corrected chi connectivity index (χ0v) is 34.5. The molecule has 1 aliphatic heterocycles. The predicted octanol–water partition coefficient (Wildman–Crippen LogP) is 10.3. The van der Waals surface area contributed by atoms with Gasteiger partial charge in [0.2, 0.25) is 0 Å². The lowest BCUT2D eigenvalue weighted by molar-refractivity contribution is -0.0589. The normalized spacial score (nSPS) is 12.9. The van der Waals surface area contributed by atoms with E-state index in [9.17, 15) is 0 Å². The lowest BCUT2D eigenvalue weighted by Gasteiger charge is -2.18. The summed E-state index contributed by atoms with van der Waals surface area (Å²) >= 11 is 3.37. The van der Waals surface area contributed by atoms with Gasteiger partial charge in [-0.3, -0.25) is 0 Å². The van der Waals surface area contributed by atoms with Crippen molar-refractivity contribution in [1.29, 1.82) is 0 Å². The first-order chi connectivity index (χ1) is 28.1. The van der Waals surface area contributed by atoms with Crippen molar-refractivity contribution in [3.8, 4) is 22.5 Å². The topological polar surface area (TPSA) is 130 Å². The van der Waals surface area contributed by atoms with Crippen LogP contribution in [0.4, 0.5) is 0 Å². The average Bonchev–Trinajstić information content (AvgIpc) is 4.08. The molecule has 8 nitrogen and oxygen atoms in total. The third-order valence-electron chi connectivity index (χ3n) is 8.50. The van der Waals surface area contributed by atoms with Gasteiger partial charge in [-0.15, -0.1) is 22.7 Å². The lowest BCUT2D eigenvalue weighted by Crippen LogP contribution is -2.20. The molecule has 1 unspecified atom stereocenters. The number of benzene rings is 5. The second kappa shape index (κ2) is 25.3. The first kappa shape index (κ1) is 43.1. The second-order valence-corrected chi connectivity index (χ2v) is 16.9. The van der Waals surface area contributed by atoms with E-state index in [1.54, 1.807) is 22.7 Å². The first-order valence-electron chi connectivity index (χ1n) is 19.1. The Bertz CT molecular complexity index is 2050. The number of aryl methyl sites for hydroxylation is 2. The zero-order valence-electron chi connectivity index (χ0n) is 32.0. The Hall–Kier alpha value is -5.02. The van der Waals surface area contributed by atoms with Gasteiger partial charge in [0.1, 0.15) is 0 Å². The van der Waals surface area contributed by atoms with Crippen LogP contribution in [0.15, 0.2) is 168 Å². The van der Waals surface area contributed by atoms with Gasteiger partial charge >= 0.3 is 0 Å². The lowest BCUT2D eigenvalue weighted by atomic mass is 10.2. The summed E-state index contributed by atoms with van der Waals surface area (Å²) in [5.41, 5.74) is 18.1. The summed E-state index contributed by atoms with van der Waals surface area (Å²) in [6.45, 7) is 2.01. The van der Waals surface area contributed by atoms with Crippen molar-refractivity contribution in [2.75, 3.05) is 19.7 Å². The summed E-state index contributed by atoms with van der Waals surface area (Å²) in [7, 11) is -0.446. The number of nitrogens with zero attached hydrogens (tertiary/aromatic N) is 5. The molecule has 11 heteroatoms. The van der Waals surface area contributed by atoms with E-state index in [1.165, 1.54) is 26.5 Å². The van der Waals surface area contributed by atoms with Gasteiger partial charge < -0.3 is 15.6 Å². The Morgan fingerprint density at radius 2 is 1.09 bits per heavy atom. The molecule has 292 valence electrons. The van der Waals surface area contributed by atoms with Crippen LogP contribution in [0.3, 0.4) is 0 Å². The molecule has 2 aromatic heterocycles. The molecule has 0 aliphatic carbocycles. The summed E-state index contributed by atoms with van der Waals surface area (Å²) in [5.74, 6) is 0. The number of hydrogen-bond acceptors (Lipinski definition) is 8. The Morgan fingerprint density at radius 3 is 1.44 bits per heavy atom. The van der Waals surface area contributed by atoms with Crippen molar-refractivity contribution in [1.82, 2.24) is 9.97 Å². The Balaban J connectivity index is 0.000000153. The fraction of sp³-hybridized carbons (Fsp3) is 0.217. The number of ether oxygens (including phenoxy) is 1. The molecule has 3 heterocycles. The Morgan fingerprint density at radius 1 is 0.667 bits per heavy atom. The van der Waals surface area contributed by atoms with Crippen molar-refractivity contribution in [2.45, 2.75) is 44.8 Å². The molecule has 3 N–H and O–H groups in total. The molecule has 0 amide bonds. The maximum atomic E-state index is 8.51. The fourth-order valence-electron chi connectivity index (χ4n) is 5.67. The maximum absolute atomic E-state index is 8.51. The first-order valence-corrected chi connectivity index (χ1v) is 22.2. The SMILES string of the molecule is NCCCc1nc(-c2ccccc2)cs1.OC1CCCO1.[N-]=[N+]=NCCCc1nc(-c2ccccc2)cs1.c1ccc(P(c2ccccc2)c2ccccc2)cc1. The number of aliphatic hydroxyl groups is 1. The molecule has 57 heavy (non-hydrogen) atoms. The van der Waals surface area contributed by atoms with Gasteiger partial charge in [0.15, 0.2) is 6.29 Å². The smallest absolute Gasteiger partial charge is 0.154 e. The number of hydrogen-bond donors (Lipinski definition) is 2. The van der Waals surface area contributed by atoms with Crippen molar-refractivity contribution < 1.29 is 9.84 Å². The predicted molar refractivity (Wildman–Crippen MR) is 241 cm³/mol. The number of aromatic nitrogens is 2. The van der Waals surface area contributed by atoms with E-state index >= 15 is 0 Å². The van der Waals surface area contributed by atoms with Crippen molar-refractivity contribution >= 4 is 46.5 Å². The van der Waals surface area contributed by atoms with Crippen LogP contribution in [0.2, 0.25) is 0 Å². The Kier molecular flexibility index (Phi) is 19.1. The fourth-order valence-corrected chi connectivity index (χ4v) is 9.68. The average molecular weight is 813 g/mol. The van der Waals surface area contributed by atoms with Crippen LogP contribution in [0, 0.1) is 0 Å². The number of thiazole rings is 2. The molecule has 1 aliphatic rings. The summed E-state index contributed by atoms with van der Waals surface area (Å²) in [5, 5.41) is 22.7. The van der Waals surface area contributed by atoms with E-state index in [2.05, 4.69) is 146 Å². The van der Waals surface area contributed by atoms with E-state index in [1.807, 2.05) is 36.4 Å². The molecule has 0 saturated carbocycles. The minimum Gasteiger partial charge on any atom is -0.368 e. The third kappa shape index (κ3) is 15.1. The van der Waals surface area contributed by atoms with Crippen LogP contribution in [0.5, 0.6) is 0 Å². The van der Waals surface area contributed by atoms with E-state index in [4.69, 9.17) is 21.1 Å². The Labute approximate surface area is 345 Å². The maximum Gasteiger partial charge on any atom is 0.154 e. The molecule has 0 radical (unpaired) electrons. The highest BCUT2D eigenvalue weighted by atomic mass is 32.1. The van der Waals surface area contributed by atoms with Crippen molar-refractivity contribution in [3.63, 3.8) is 0 Å². The highest BCUT2D eigenvalue weighted by Gasteiger charge is 2.15. The standard InChI is InChI=1S/C18H15P.C12H12N4S.C12H14N2S.C4H8O2/c1-4-10-16(11-5-1)19(17-12-6-2-7-13-17)18-14-8-3-9-15-18;13-16-14-8-4-7-12-15-11(9-17-12)10-5-2-1-3-6-10;13-8-4-7-12-14-11(9-15-12)10-5-2-1-3-6-10;5-4-2-1-3-6-4/h1-15H;1-3,5-6,9H,4,7-8H2;1-3,5-6,9H,4,7-8,13H2;4-5H,1-3H2. The molecule has 7 aromatic rings. The summed E-state index contributed by atoms with van der Waals surface area (Å²) in [6.07, 6.45) is 5.11. The van der Waals surface area contributed by atoms with Gasteiger partial charge in [-0.1, -0.05) is 157 Å². The second-order valence-electron chi connectivity index (χ2n) is 12.7. The van der Waals surface area contributed by atoms with Gasteiger partial charge in [-0.2, -0.15) is 0 Å². The highest BCUT2D eigenvalue weighted by molar-refractivity contribution is 7.79. The van der Waals surface area contributed by atoms with Crippen LogP contribution in [0.1, 0.15) is 35.7 Å². The molecule has 1 fully saturated rings. The van der Waals surface area contributed by atoms with Gasteiger partial charge in [0, 0.05) is 52.8 Å². The molecule has 8 rings (SSSR count). The number of azide groups is 1. The minimum atomic E-state index is -0.454. The molecule has 5 aromatic carbocycles. The van der Waals surface area contributed by atoms with Crippen LogP contribution in [0.25, 0.3) is 33.0 Å². The summed E-state index contributed by atoms with van der Waals surface area (Å²) in [6, 6.07) is 52.7. The van der Waals surface area contributed by atoms with E-state index in [-0.39, 0.29) is 0 Å². The van der Waals surface area contributed by atoms with Crippen molar-refractivity contribution in [2.24, 2.45) is 10.8 Å². The molecule has 1 atom stereocenters. The molecular formula is C46H49N6O2PS2. The number of rotatable bonds is 12. The summed E-state index contributed by atoms with van der Waals surface area (Å²) < 4.78 is 4.71. The van der Waals surface area contributed by atoms with Crippen LogP contribution >= 0.6 is 30.6 Å². The van der Waals surface area contributed by atoms with Crippen molar-refractivity contribution in [3.05, 3.63) is 183 Å². The monoisotopic (exact) mass is 812 g/mol. The minimum absolute atomic E-state index is 0.446. The largest absolute Gasteiger partial charge is 0.368 e. The third-order valence-corrected chi connectivity index (χ3v) is 12.8. The molecule has 0 spiro atoms. The molecule has 0 bridgehead atoms. The zero-order chi connectivity index (χ0) is 39.8. The van der Waals surface area contributed by atoms with Crippen LogP contribution in [-0.2, 0) is 17.6 Å². The summed E-state index contributed by atoms with van der Waals surface area (Å²) in [4.78, 5) is 11.9. The highest BCUT2D eigenvalue weighted by Crippen LogP contribution is 2.32. The van der Waals surface area contributed by atoms with Crippen LogP contribution < -0.4 is 21.6 Å². The van der Waals surface area contributed by atoms with E-state index < -0.39 is 14.2 Å². The molecule has 1 saturated heterocycles. The number of nitrogens with two attached hydrogens (primary N) is 1. The molecular weight excluding hydrogens is 764 g/mol.